The first-order valence-electron chi connectivity index (χ1n) is 10.5. The number of fused-ring (bicyclic) bond motifs is 1. The SMILES string of the molecule is CCCCCN1C(=O)c2[nH]nc(-c3ccccc3)c2C1c1cc(OC)c(O)c(OC)c1. The predicted octanol–water partition coefficient (Wildman–Crippen LogP) is 4.53. The summed E-state index contributed by atoms with van der Waals surface area (Å²) >= 11 is 0. The monoisotopic (exact) mass is 421 g/mol. The molecule has 1 aromatic heterocycles. The second-order valence-corrected chi connectivity index (χ2v) is 7.61. The van der Waals surface area contributed by atoms with E-state index in [1.165, 1.54) is 14.2 Å². The Hall–Kier alpha value is -3.48. The Balaban J connectivity index is 1.88. The molecule has 0 radical (unpaired) electrons. The first-order chi connectivity index (χ1) is 15.1. The van der Waals surface area contributed by atoms with Crippen LogP contribution in [0.5, 0.6) is 17.2 Å². The lowest BCUT2D eigenvalue weighted by molar-refractivity contribution is 0.0740. The van der Waals surface area contributed by atoms with Crippen LogP contribution in [0, 0.1) is 0 Å². The van der Waals surface area contributed by atoms with Gasteiger partial charge >= 0.3 is 0 Å². The van der Waals surface area contributed by atoms with Gasteiger partial charge in [-0.05, 0) is 24.1 Å². The third-order valence-corrected chi connectivity index (χ3v) is 5.73. The number of unbranched alkanes of at least 4 members (excludes halogenated alkanes) is 2. The zero-order valence-corrected chi connectivity index (χ0v) is 18.0. The number of nitrogens with one attached hydrogen (secondary N) is 1. The van der Waals surface area contributed by atoms with Crippen molar-refractivity contribution in [3.05, 3.63) is 59.3 Å². The summed E-state index contributed by atoms with van der Waals surface area (Å²) in [5.74, 6) is 0.463. The van der Waals surface area contributed by atoms with E-state index in [9.17, 15) is 9.90 Å². The van der Waals surface area contributed by atoms with Crippen molar-refractivity contribution in [2.24, 2.45) is 0 Å². The number of aromatic amines is 1. The van der Waals surface area contributed by atoms with Gasteiger partial charge in [-0.15, -0.1) is 0 Å². The van der Waals surface area contributed by atoms with E-state index in [0.717, 1.165) is 41.6 Å². The number of nitrogens with zero attached hydrogens (tertiary/aromatic N) is 2. The van der Waals surface area contributed by atoms with Gasteiger partial charge in [0.1, 0.15) is 5.69 Å². The van der Waals surface area contributed by atoms with Crippen molar-refractivity contribution in [3.8, 4) is 28.5 Å². The number of hydrogen-bond donors (Lipinski definition) is 2. The number of H-pyrrole nitrogens is 1. The van der Waals surface area contributed by atoms with Crippen LogP contribution in [0.3, 0.4) is 0 Å². The molecule has 0 saturated carbocycles. The van der Waals surface area contributed by atoms with Crippen molar-refractivity contribution in [2.75, 3.05) is 20.8 Å². The maximum atomic E-state index is 13.3. The molecular formula is C24H27N3O4. The Labute approximate surface area is 181 Å². The molecule has 2 aromatic carbocycles. The van der Waals surface area contributed by atoms with Crippen molar-refractivity contribution in [3.63, 3.8) is 0 Å². The highest BCUT2D eigenvalue weighted by atomic mass is 16.5. The lowest BCUT2D eigenvalue weighted by atomic mass is 9.95. The Kier molecular flexibility index (Phi) is 5.84. The van der Waals surface area contributed by atoms with Crippen molar-refractivity contribution in [1.29, 1.82) is 0 Å². The summed E-state index contributed by atoms with van der Waals surface area (Å²) in [6.45, 7) is 2.76. The highest BCUT2D eigenvalue weighted by Crippen LogP contribution is 2.47. The van der Waals surface area contributed by atoms with E-state index >= 15 is 0 Å². The Morgan fingerprint density at radius 2 is 1.77 bits per heavy atom. The third kappa shape index (κ3) is 3.60. The molecule has 3 aromatic rings. The number of aromatic hydroxyl groups is 1. The lowest BCUT2D eigenvalue weighted by Crippen LogP contribution is -2.30. The minimum absolute atomic E-state index is 0.0636. The van der Waals surface area contributed by atoms with Crippen LogP contribution in [0.2, 0.25) is 0 Å². The molecule has 0 spiro atoms. The lowest BCUT2D eigenvalue weighted by Gasteiger charge is -2.27. The summed E-state index contributed by atoms with van der Waals surface area (Å²) in [7, 11) is 2.99. The molecular weight excluding hydrogens is 394 g/mol. The fraction of sp³-hybridized carbons (Fsp3) is 0.333. The summed E-state index contributed by atoms with van der Waals surface area (Å²) < 4.78 is 10.8. The molecule has 2 N–H and O–H groups in total. The van der Waals surface area contributed by atoms with Crippen LogP contribution in [0.4, 0.5) is 0 Å². The maximum absolute atomic E-state index is 13.3. The second-order valence-electron chi connectivity index (χ2n) is 7.61. The Bertz CT molecular complexity index is 1050. The average Bonchev–Trinajstić information content (AvgIpc) is 3.34. The number of benzene rings is 2. The maximum Gasteiger partial charge on any atom is 0.273 e. The molecule has 0 saturated heterocycles. The van der Waals surface area contributed by atoms with Crippen LogP contribution in [-0.2, 0) is 0 Å². The molecule has 0 fully saturated rings. The van der Waals surface area contributed by atoms with E-state index in [4.69, 9.17) is 9.47 Å². The van der Waals surface area contributed by atoms with E-state index < -0.39 is 0 Å². The molecule has 1 aliphatic rings. The molecule has 0 aliphatic carbocycles. The summed E-state index contributed by atoms with van der Waals surface area (Å²) in [6.07, 6.45) is 3.01. The number of phenols is 1. The fourth-order valence-corrected chi connectivity index (χ4v) is 4.19. The summed E-state index contributed by atoms with van der Waals surface area (Å²) in [5, 5.41) is 17.8. The van der Waals surface area contributed by atoms with Gasteiger partial charge in [-0.2, -0.15) is 5.10 Å². The fourth-order valence-electron chi connectivity index (χ4n) is 4.19. The van der Waals surface area contributed by atoms with E-state index in [2.05, 4.69) is 17.1 Å². The smallest absolute Gasteiger partial charge is 0.273 e. The van der Waals surface area contributed by atoms with Gasteiger partial charge in [-0.25, -0.2) is 0 Å². The summed E-state index contributed by atoms with van der Waals surface area (Å²) in [6, 6.07) is 13.0. The van der Waals surface area contributed by atoms with Crippen LogP contribution in [0.25, 0.3) is 11.3 Å². The number of hydrogen-bond acceptors (Lipinski definition) is 5. The molecule has 1 aliphatic heterocycles. The first-order valence-corrected chi connectivity index (χ1v) is 10.5. The molecule has 1 unspecified atom stereocenters. The molecule has 1 atom stereocenters. The normalized spacial score (nSPS) is 15.3. The summed E-state index contributed by atoms with van der Waals surface area (Å²) in [5.41, 5.74) is 3.83. The average molecular weight is 421 g/mol. The van der Waals surface area contributed by atoms with Crippen LogP contribution in [-0.4, -0.2) is 46.9 Å². The first kappa shape index (κ1) is 20.8. The molecule has 162 valence electrons. The number of phenolic OH excluding ortho intramolecular Hbond substituents is 1. The van der Waals surface area contributed by atoms with Gasteiger partial charge in [-0.3, -0.25) is 9.89 Å². The molecule has 4 rings (SSSR count). The molecule has 7 heteroatoms. The second kappa shape index (κ2) is 8.71. The van der Waals surface area contributed by atoms with Crippen LogP contribution >= 0.6 is 0 Å². The highest BCUT2D eigenvalue weighted by molar-refractivity contribution is 6.00. The predicted molar refractivity (Wildman–Crippen MR) is 118 cm³/mol. The van der Waals surface area contributed by atoms with Crippen LogP contribution < -0.4 is 9.47 Å². The van der Waals surface area contributed by atoms with Crippen molar-refractivity contribution in [1.82, 2.24) is 15.1 Å². The molecule has 0 bridgehead atoms. The molecule has 31 heavy (non-hydrogen) atoms. The molecule has 2 heterocycles. The van der Waals surface area contributed by atoms with Crippen LogP contribution in [0.1, 0.15) is 53.8 Å². The standard InChI is InChI=1S/C24H27N3O4/c1-4-5-9-12-27-22(16-13-17(30-2)23(28)18(14-16)31-3)19-20(15-10-7-6-8-11-15)25-26-21(19)24(27)29/h6-8,10-11,13-14,22,28H,4-5,9,12H2,1-3H3,(H,25,26). The Morgan fingerprint density at radius 3 is 2.39 bits per heavy atom. The minimum atomic E-state index is -0.364. The number of amides is 1. The largest absolute Gasteiger partial charge is 0.502 e. The number of aromatic nitrogens is 2. The van der Waals surface area contributed by atoms with E-state index in [1.54, 1.807) is 12.1 Å². The number of methoxy groups -OCH3 is 2. The highest BCUT2D eigenvalue weighted by Gasteiger charge is 2.42. The van der Waals surface area contributed by atoms with Gasteiger partial charge in [0.15, 0.2) is 11.5 Å². The van der Waals surface area contributed by atoms with E-state index in [1.807, 2.05) is 35.2 Å². The van der Waals surface area contributed by atoms with Gasteiger partial charge in [-0.1, -0.05) is 50.1 Å². The number of ether oxygens (including phenoxy) is 2. The van der Waals surface area contributed by atoms with E-state index in [0.29, 0.717) is 23.7 Å². The number of carbonyl (C=O) groups is 1. The topological polar surface area (TPSA) is 87.7 Å². The van der Waals surface area contributed by atoms with Gasteiger partial charge in [0, 0.05) is 17.7 Å². The Morgan fingerprint density at radius 1 is 1.10 bits per heavy atom. The third-order valence-electron chi connectivity index (χ3n) is 5.73. The zero-order valence-electron chi connectivity index (χ0n) is 18.0. The van der Waals surface area contributed by atoms with Gasteiger partial charge in [0.05, 0.1) is 26.0 Å². The number of carbonyl (C=O) groups excluding carboxylic acids is 1. The quantitative estimate of drug-likeness (QED) is 0.522. The minimum Gasteiger partial charge on any atom is -0.502 e. The zero-order chi connectivity index (χ0) is 22.0. The van der Waals surface area contributed by atoms with Gasteiger partial charge < -0.3 is 19.5 Å². The molecule has 7 nitrogen and oxygen atoms in total. The van der Waals surface area contributed by atoms with Crippen molar-refractivity contribution >= 4 is 5.91 Å². The van der Waals surface area contributed by atoms with E-state index in [-0.39, 0.29) is 17.7 Å². The van der Waals surface area contributed by atoms with Crippen molar-refractivity contribution in [2.45, 2.75) is 32.2 Å². The van der Waals surface area contributed by atoms with Gasteiger partial charge in [0.25, 0.3) is 5.91 Å². The number of rotatable bonds is 8. The van der Waals surface area contributed by atoms with Crippen molar-refractivity contribution < 1.29 is 19.4 Å². The molecule has 1 amide bonds. The summed E-state index contributed by atoms with van der Waals surface area (Å²) in [4.78, 5) is 15.2. The van der Waals surface area contributed by atoms with Crippen LogP contribution in [0.15, 0.2) is 42.5 Å². The van der Waals surface area contributed by atoms with Gasteiger partial charge in [0.2, 0.25) is 5.75 Å².